The second-order valence-electron chi connectivity index (χ2n) is 10.7. The highest BCUT2D eigenvalue weighted by molar-refractivity contribution is 6.95. The molecule has 0 aliphatic heterocycles. The molecule has 0 saturated carbocycles. The van der Waals surface area contributed by atoms with Crippen molar-refractivity contribution in [2.24, 2.45) is 0 Å². The first-order valence-electron chi connectivity index (χ1n) is 15.0. The Kier molecular flexibility index (Phi) is 9.86. The second kappa shape index (κ2) is 14.7. The lowest BCUT2D eigenvalue weighted by molar-refractivity contribution is 0.596. The molecule has 0 aliphatic carbocycles. The molecule has 45 heavy (non-hydrogen) atoms. The van der Waals surface area contributed by atoms with E-state index in [9.17, 15) is 0 Å². The maximum absolute atomic E-state index is 6.28. The fourth-order valence-electron chi connectivity index (χ4n) is 5.78. The molecular weight excluding hydrogens is 583 g/mol. The third-order valence-corrected chi connectivity index (χ3v) is 9.86. The highest BCUT2D eigenvalue weighted by Crippen LogP contribution is 2.33. The monoisotopic (exact) mass is 614 g/mol. The smallest absolute Gasteiger partial charge is 0.241 e. The van der Waals surface area contributed by atoms with Gasteiger partial charge in [-0.25, -0.2) is 4.98 Å². The minimum atomic E-state index is -0.371. The Labute approximate surface area is 273 Å². The molecule has 216 valence electrons. The summed E-state index contributed by atoms with van der Waals surface area (Å²) in [5.74, 6) is 0. The summed E-state index contributed by atoms with van der Waals surface area (Å²) < 4.78 is 2.21. The van der Waals surface area contributed by atoms with Gasteiger partial charge in [-0.05, 0) is 23.3 Å². The zero-order chi connectivity index (χ0) is 30.7. The predicted molar refractivity (Wildman–Crippen MR) is 192 cm³/mol. The number of benzene rings is 6. The molecule has 0 saturated heterocycles. The summed E-state index contributed by atoms with van der Waals surface area (Å²) in [4.78, 5) is 4.34. The summed E-state index contributed by atoms with van der Waals surface area (Å²) >= 11 is 6.28. The van der Waals surface area contributed by atoms with Crippen LogP contribution in [0.4, 0.5) is 0 Å². The number of hydrogen-bond donors (Lipinski definition) is 0. The molecule has 0 N–H and O–H groups in total. The van der Waals surface area contributed by atoms with Crippen LogP contribution in [0.5, 0.6) is 0 Å². The number of imidazole rings is 1. The molecular formula is C40H32BClN2Si. The Hall–Kier alpha value is -4.90. The fraction of sp³-hybridized carbons (Fsp3) is 0.0250. The van der Waals surface area contributed by atoms with E-state index in [2.05, 4.69) is 173 Å². The van der Waals surface area contributed by atoms with Crippen LogP contribution >= 0.6 is 11.6 Å². The van der Waals surface area contributed by atoms with Crippen LogP contribution in [0.2, 0.25) is 5.02 Å². The molecule has 7 rings (SSSR count). The van der Waals surface area contributed by atoms with Crippen molar-refractivity contribution in [1.82, 2.24) is 9.55 Å². The molecule has 0 fully saturated rings. The van der Waals surface area contributed by atoms with Crippen molar-refractivity contribution in [3.8, 4) is 0 Å². The van der Waals surface area contributed by atoms with Crippen molar-refractivity contribution >= 4 is 49.4 Å². The summed E-state index contributed by atoms with van der Waals surface area (Å²) in [6.45, 7) is 0.309. The van der Waals surface area contributed by atoms with Gasteiger partial charge in [0.05, 0.1) is 11.5 Å². The van der Waals surface area contributed by atoms with Crippen molar-refractivity contribution in [3.63, 3.8) is 0 Å². The van der Waals surface area contributed by atoms with Crippen molar-refractivity contribution in [2.75, 3.05) is 0 Å². The Morgan fingerprint density at radius 2 is 0.978 bits per heavy atom. The minimum Gasteiger partial charge on any atom is -0.326 e. The van der Waals surface area contributed by atoms with Gasteiger partial charge in [0, 0.05) is 17.4 Å². The predicted octanol–water partition coefficient (Wildman–Crippen LogP) is 6.52. The molecule has 2 radical (unpaired) electrons. The van der Waals surface area contributed by atoms with Gasteiger partial charge in [-0.1, -0.05) is 197 Å². The van der Waals surface area contributed by atoms with Gasteiger partial charge in [0.2, 0.25) is 6.71 Å². The first kappa shape index (κ1) is 30.1. The van der Waals surface area contributed by atoms with Gasteiger partial charge >= 0.3 is 0 Å². The van der Waals surface area contributed by atoms with Crippen LogP contribution in [0.1, 0.15) is 11.1 Å². The zero-order valence-corrected chi connectivity index (χ0v) is 26.6. The third-order valence-electron chi connectivity index (χ3n) is 7.82. The van der Waals surface area contributed by atoms with E-state index in [4.69, 9.17) is 11.6 Å². The van der Waals surface area contributed by atoms with E-state index in [1.165, 1.54) is 32.7 Å². The topological polar surface area (TPSA) is 17.8 Å². The van der Waals surface area contributed by atoms with Gasteiger partial charge in [-0.2, -0.15) is 0 Å². The van der Waals surface area contributed by atoms with Crippen LogP contribution in [0, 0.1) is 0 Å². The minimum absolute atomic E-state index is 0.309. The SMILES string of the molecule is Clc1cccc([Si]C(c2ccccc2)(c2ccccc2)n2ccnc2)c1.c1ccc(B(c2ccccc2)c2ccccc2)cc1. The average Bonchev–Trinajstić information content (AvgIpc) is 3.66. The first-order valence-corrected chi connectivity index (χ1v) is 16.4. The van der Waals surface area contributed by atoms with Gasteiger partial charge < -0.3 is 4.57 Å². The average molecular weight is 615 g/mol. The summed E-state index contributed by atoms with van der Waals surface area (Å²) in [6.07, 6.45) is 5.78. The number of rotatable bonds is 8. The normalized spacial score (nSPS) is 10.9. The van der Waals surface area contributed by atoms with E-state index in [1.54, 1.807) is 0 Å². The van der Waals surface area contributed by atoms with E-state index >= 15 is 0 Å². The van der Waals surface area contributed by atoms with Gasteiger partial charge in [-0.15, -0.1) is 0 Å². The molecule has 0 bridgehead atoms. The van der Waals surface area contributed by atoms with Gasteiger partial charge in [0.1, 0.15) is 9.52 Å². The summed E-state index contributed by atoms with van der Waals surface area (Å²) in [5.41, 5.74) is 6.45. The molecule has 0 unspecified atom stereocenters. The van der Waals surface area contributed by atoms with Gasteiger partial charge in [0.25, 0.3) is 0 Å². The number of aromatic nitrogens is 2. The molecule has 1 heterocycles. The number of hydrogen-bond acceptors (Lipinski definition) is 1. The van der Waals surface area contributed by atoms with Crippen molar-refractivity contribution in [3.05, 3.63) is 211 Å². The maximum atomic E-state index is 6.28. The molecule has 6 aromatic carbocycles. The molecule has 0 atom stereocenters. The summed E-state index contributed by atoms with van der Waals surface area (Å²) in [6, 6.07) is 61.3. The van der Waals surface area contributed by atoms with Crippen LogP contribution < -0.4 is 21.6 Å². The maximum Gasteiger partial charge on any atom is 0.241 e. The molecule has 0 spiro atoms. The Morgan fingerprint density at radius 3 is 1.38 bits per heavy atom. The lowest BCUT2D eigenvalue weighted by atomic mass is 9.37. The van der Waals surface area contributed by atoms with Crippen LogP contribution in [0.25, 0.3) is 0 Å². The van der Waals surface area contributed by atoms with Gasteiger partial charge in [0.15, 0.2) is 0 Å². The van der Waals surface area contributed by atoms with Crippen LogP contribution in [-0.4, -0.2) is 25.8 Å². The quantitative estimate of drug-likeness (QED) is 0.178. The lowest BCUT2D eigenvalue weighted by Crippen LogP contribution is -2.51. The summed E-state index contributed by atoms with van der Waals surface area (Å²) in [5, 5.41) is 1.60. The third kappa shape index (κ3) is 7.09. The fourth-order valence-corrected chi connectivity index (χ4v) is 7.77. The van der Waals surface area contributed by atoms with Gasteiger partial charge in [-0.3, -0.25) is 0 Å². The van der Waals surface area contributed by atoms with Crippen molar-refractivity contribution < 1.29 is 0 Å². The highest BCUT2D eigenvalue weighted by Gasteiger charge is 2.37. The van der Waals surface area contributed by atoms with E-state index in [-0.39, 0.29) is 5.16 Å². The molecule has 0 amide bonds. The van der Waals surface area contributed by atoms with E-state index in [1.807, 2.05) is 30.9 Å². The van der Waals surface area contributed by atoms with Crippen LogP contribution in [0.15, 0.2) is 195 Å². The second-order valence-corrected chi connectivity index (χ2v) is 12.7. The van der Waals surface area contributed by atoms with Crippen LogP contribution in [0.3, 0.4) is 0 Å². The lowest BCUT2D eigenvalue weighted by Gasteiger charge is -2.36. The number of nitrogens with zero attached hydrogens (tertiary/aromatic N) is 2. The van der Waals surface area contributed by atoms with Crippen LogP contribution in [-0.2, 0) is 5.16 Å². The first-order chi connectivity index (χ1) is 22.2. The molecule has 2 nitrogen and oxygen atoms in total. The molecule has 5 heteroatoms. The molecule has 7 aromatic rings. The zero-order valence-electron chi connectivity index (χ0n) is 24.8. The van der Waals surface area contributed by atoms with E-state index in [0.717, 1.165) is 5.02 Å². The van der Waals surface area contributed by atoms with E-state index in [0.29, 0.717) is 16.2 Å². The largest absolute Gasteiger partial charge is 0.326 e. The molecule has 1 aromatic heterocycles. The summed E-state index contributed by atoms with van der Waals surface area (Å²) in [7, 11) is 0.450. The van der Waals surface area contributed by atoms with Crippen molar-refractivity contribution in [1.29, 1.82) is 0 Å². The van der Waals surface area contributed by atoms with E-state index < -0.39 is 0 Å². The Bertz CT molecular complexity index is 1740. The highest BCUT2D eigenvalue weighted by atomic mass is 35.5. The Morgan fingerprint density at radius 1 is 0.533 bits per heavy atom. The number of halogens is 1. The van der Waals surface area contributed by atoms with Crippen molar-refractivity contribution in [2.45, 2.75) is 5.16 Å². The Balaban J connectivity index is 0.000000167. The standard InChI is InChI=1S/C22H17ClN2Si.C18H15B/c23-20-12-7-13-21(16-20)26-22(25-15-14-24-17-25,18-8-3-1-4-9-18)19-10-5-2-6-11-19;1-4-10-16(11-5-1)19(17-12-6-2-7-13-17)18-14-8-3-9-15-18/h1-17H;1-15H. The molecule has 0 aliphatic rings.